The van der Waals surface area contributed by atoms with Crippen molar-refractivity contribution in [2.24, 2.45) is 0 Å². The summed E-state index contributed by atoms with van der Waals surface area (Å²) in [6, 6.07) is 14.3. The summed E-state index contributed by atoms with van der Waals surface area (Å²) in [5, 5.41) is 13.4. The molecule has 0 aromatic heterocycles. The molecule has 1 fully saturated rings. The van der Waals surface area contributed by atoms with Gasteiger partial charge in [0.15, 0.2) is 0 Å². The first kappa shape index (κ1) is 18.9. The fourth-order valence-corrected chi connectivity index (χ4v) is 3.23. The molecule has 140 valence electrons. The third-order valence-electron chi connectivity index (χ3n) is 3.96. The van der Waals surface area contributed by atoms with E-state index in [1.165, 1.54) is 30.2 Å². The van der Waals surface area contributed by atoms with Crippen LogP contribution < -0.4 is 5.32 Å². The van der Waals surface area contributed by atoms with E-state index in [4.69, 9.17) is 4.18 Å². The quantitative estimate of drug-likeness (QED) is 0.246. The lowest BCUT2D eigenvalue weighted by Gasteiger charge is -2.13. The van der Waals surface area contributed by atoms with E-state index in [-0.39, 0.29) is 18.8 Å². The highest BCUT2D eigenvalue weighted by Crippen LogP contribution is 2.19. The van der Waals surface area contributed by atoms with Gasteiger partial charge >= 0.3 is 6.03 Å². The van der Waals surface area contributed by atoms with Crippen LogP contribution in [0.25, 0.3) is 0 Å². The molecule has 1 unspecified atom stereocenters. The molecule has 1 aliphatic heterocycles. The Balaban J connectivity index is 1.52. The van der Waals surface area contributed by atoms with Gasteiger partial charge in [-0.3, -0.25) is 19.8 Å². The molecule has 2 aromatic rings. The highest BCUT2D eigenvalue weighted by molar-refractivity contribution is 7.93. The molecule has 1 atom stereocenters. The topological polar surface area (TPSA) is 102 Å². The summed E-state index contributed by atoms with van der Waals surface area (Å²) >= 11 is 1.21. The number of nitro benzene ring substituents is 1. The van der Waals surface area contributed by atoms with Crippen molar-refractivity contribution in [1.29, 1.82) is 0 Å². The smallest absolute Gasteiger partial charge is 0.323 e. The first-order valence-corrected chi connectivity index (χ1v) is 9.09. The Morgan fingerprint density at radius 3 is 2.59 bits per heavy atom. The summed E-state index contributed by atoms with van der Waals surface area (Å²) < 4.78 is 5.45. The number of rotatable bonds is 8. The lowest BCUT2D eigenvalue weighted by Crippen LogP contribution is -2.33. The summed E-state index contributed by atoms with van der Waals surface area (Å²) in [5.74, 6) is 0.222. The molecule has 0 spiro atoms. The van der Waals surface area contributed by atoms with Crippen LogP contribution in [0.15, 0.2) is 54.6 Å². The van der Waals surface area contributed by atoms with E-state index in [0.29, 0.717) is 11.3 Å². The minimum Gasteiger partial charge on any atom is -0.323 e. The van der Waals surface area contributed by atoms with E-state index in [9.17, 15) is 19.7 Å². The highest BCUT2D eigenvalue weighted by atomic mass is 32.2. The number of nitrogens with one attached hydrogen (secondary N) is 1. The summed E-state index contributed by atoms with van der Waals surface area (Å²) in [4.78, 5) is 35.9. The van der Waals surface area contributed by atoms with Gasteiger partial charge in [-0.05, 0) is 23.2 Å². The van der Waals surface area contributed by atoms with E-state index in [0.717, 1.165) is 10.5 Å². The lowest BCUT2D eigenvalue weighted by atomic mass is 10.2. The number of nitro groups is 1. The molecule has 3 amide bonds. The summed E-state index contributed by atoms with van der Waals surface area (Å²) in [6.07, 6.45) is 0. The predicted octanol–water partition coefficient (Wildman–Crippen LogP) is 2.88. The van der Waals surface area contributed by atoms with Crippen molar-refractivity contribution in [2.45, 2.75) is 18.3 Å². The Morgan fingerprint density at radius 1 is 1.11 bits per heavy atom. The van der Waals surface area contributed by atoms with Crippen LogP contribution >= 0.6 is 12.0 Å². The zero-order chi connectivity index (χ0) is 19.2. The third kappa shape index (κ3) is 4.83. The number of hydrogen-bond donors (Lipinski definition) is 1. The molecule has 1 aliphatic rings. The summed E-state index contributed by atoms with van der Waals surface area (Å²) in [6.45, 7) is 0.0213. The number of amides is 3. The minimum atomic E-state index is -0.764. The Hall–Kier alpha value is -2.91. The molecule has 27 heavy (non-hydrogen) atoms. The number of nitrogens with zero attached hydrogens (tertiary/aromatic N) is 2. The Bertz CT molecular complexity index is 846. The number of urea groups is 1. The van der Waals surface area contributed by atoms with E-state index in [1.54, 1.807) is 6.07 Å². The number of carbonyl (C=O) groups is 2. The molecule has 8 nitrogen and oxygen atoms in total. The van der Waals surface area contributed by atoms with Crippen LogP contribution in [0, 0.1) is 10.1 Å². The zero-order valence-corrected chi connectivity index (χ0v) is 15.1. The Morgan fingerprint density at radius 2 is 1.85 bits per heavy atom. The zero-order valence-electron chi connectivity index (χ0n) is 14.2. The van der Waals surface area contributed by atoms with Gasteiger partial charge in [0.25, 0.3) is 11.6 Å². The largest absolute Gasteiger partial charge is 0.325 e. The number of imide groups is 1. The molecular weight excluding hydrogens is 370 g/mol. The maximum Gasteiger partial charge on any atom is 0.325 e. The van der Waals surface area contributed by atoms with Crippen LogP contribution in [-0.4, -0.2) is 34.4 Å². The van der Waals surface area contributed by atoms with Gasteiger partial charge in [0.05, 0.1) is 18.1 Å². The van der Waals surface area contributed by atoms with Crippen LogP contribution in [0.3, 0.4) is 0 Å². The molecular formula is C18H17N3O5S. The molecule has 1 heterocycles. The number of carbonyl (C=O) groups excluding carboxylic acids is 2. The van der Waals surface area contributed by atoms with Crippen LogP contribution in [0.2, 0.25) is 0 Å². The van der Waals surface area contributed by atoms with Crippen LogP contribution in [-0.2, 0) is 21.3 Å². The number of hydrogen-bond acceptors (Lipinski definition) is 6. The van der Waals surface area contributed by atoms with Crippen molar-refractivity contribution in [2.75, 3.05) is 6.61 Å². The second-order valence-corrected chi connectivity index (χ2v) is 6.65. The maximum absolute atomic E-state index is 12.4. The Labute approximate surface area is 159 Å². The molecule has 1 saturated heterocycles. The normalized spacial score (nSPS) is 16.4. The van der Waals surface area contributed by atoms with Crippen molar-refractivity contribution in [3.8, 4) is 0 Å². The second-order valence-electron chi connectivity index (χ2n) is 5.89. The first-order chi connectivity index (χ1) is 13.0. The summed E-state index contributed by atoms with van der Waals surface area (Å²) in [7, 11) is 0. The van der Waals surface area contributed by atoms with Crippen molar-refractivity contribution in [3.63, 3.8) is 0 Å². The average molecular weight is 387 g/mol. The van der Waals surface area contributed by atoms with Gasteiger partial charge in [0.2, 0.25) is 0 Å². The molecule has 1 N–H and O–H groups in total. The third-order valence-corrected chi connectivity index (χ3v) is 4.71. The van der Waals surface area contributed by atoms with E-state index in [1.807, 2.05) is 30.3 Å². The van der Waals surface area contributed by atoms with Crippen LogP contribution in [0.1, 0.15) is 11.1 Å². The molecule has 9 heteroatoms. The van der Waals surface area contributed by atoms with Crippen LogP contribution in [0.4, 0.5) is 10.5 Å². The SMILES string of the molecule is O=C1NC(COSCc2ccccc2)C(=O)N1Cc1cccc([N+](=O)[O-])c1. The van der Waals surface area contributed by atoms with Gasteiger partial charge in [-0.2, -0.15) is 0 Å². The number of non-ortho nitro benzene ring substituents is 1. The predicted molar refractivity (Wildman–Crippen MR) is 99.7 cm³/mol. The first-order valence-electron chi connectivity index (χ1n) is 8.18. The van der Waals surface area contributed by atoms with E-state index >= 15 is 0 Å². The molecule has 0 aliphatic carbocycles. The lowest BCUT2D eigenvalue weighted by molar-refractivity contribution is -0.384. The molecule has 0 saturated carbocycles. The average Bonchev–Trinajstić information content (AvgIpc) is 2.94. The Kier molecular flexibility index (Phi) is 6.05. The van der Waals surface area contributed by atoms with E-state index < -0.39 is 22.9 Å². The van der Waals surface area contributed by atoms with Gasteiger partial charge in [-0.25, -0.2) is 4.79 Å². The van der Waals surface area contributed by atoms with Crippen molar-refractivity contribution in [1.82, 2.24) is 10.2 Å². The van der Waals surface area contributed by atoms with Crippen LogP contribution in [0.5, 0.6) is 0 Å². The second kappa shape index (κ2) is 8.65. The van der Waals surface area contributed by atoms with E-state index in [2.05, 4.69) is 5.32 Å². The number of benzene rings is 2. The van der Waals surface area contributed by atoms with Gasteiger partial charge in [-0.15, -0.1) is 0 Å². The van der Waals surface area contributed by atoms with Crippen molar-refractivity contribution in [3.05, 3.63) is 75.8 Å². The van der Waals surface area contributed by atoms with Crippen molar-refractivity contribution < 1.29 is 18.7 Å². The van der Waals surface area contributed by atoms with Gasteiger partial charge in [-0.1, -0.05) is 42.5 Å². The fourth-order valence-electron chi connectivity index (χ4n) is 2.59. The minimum absolute atomic E-state index is 0.0278. The summed E-state index contributed by atoms with van der Waals surface area (Å²) in [5.41, 5.74) is 1.51. The monoisotopic (exact) mass is 387 g/mol. The van der Waals surface area contributed by atoms with Gasteiger partial charge in [0, 0.05) is 17.9 Å². The maximum atomic E-state index is 12.4. The standard InChI is InChI=1S/C18H17N3O5S/c22-17-16(11-26-27-12-13-5-2-1-3-6-13)19-18(23)20(17)10-14-7-4-8-15(9-14)21(24)25/h1-9,16H,10-12H2,(H,19,23). The van der Waals surface area contributed by atoms with Gasteiger partial charge in [0.1, 0.15) is 6.04 Å². The molecule has 0 bridgehead atoms. The molecule has 0 radical (unpaired) electrons. The molecule has 3 rings (SSSR count). The van der Waals surface area contributed by atoms with Gasteiger partial charge < -0.3 is 9.50 Å². The molecule has 2 aromatic carbocycles. The highest BCUT2D eigenvalue weighted by Gasteiger charge is 2.38. The van der Waals surface area contributed by atoms with Crippen molar-refractivity contribution >= 4 is 29.7 Å². The fraction of sp³-hybridized carbons (Fsp3) is 0.222.